The maximum Gasteiger partial charge on any atom is 0.269 e. The average Bonchev–Trinajstić information content (AvgIpc) is 2.99. The smallest absolute Gasteiger partial charge is 0.258 e. The molecule has 0 spiro atoms. The molecule has 0 bridgehead atoms. The molecular weight excluding hydrogens is 178 g/mol. The second-order valence-electron chi connectivity index (χ2n) is 3.91. The molecule has 1 aliphatic carbocycles. The van der Waals surface area contributed by atoms with Crippen LogP contribution in [0.1, 0.15) is 24.8 Å². The quantitative estimate of drug-likeness (QED) is 0.542. The number of nitro groups is 1. The minimum absolute atomic E-state index is 0.181. The topological polar surface area (TPSA) is 43.1 Å². The highest BCUT2D eigenvalue weighted by Crippen LogP contribution is 2.33. The summed E-state index contributed by atoms with van der Waals surface area (Å²) in [5, 5.41) is 10.4. The van der Waals surface area contributed by atoms with Crippen molar-refractivity contribution in [3.05, 3.63) is 39.9 Å². The molecule has 74 valence electrons. The van der Waals surface area contributed by atoms with Gasteiger partial charge in [0.25, 0.3) is 5.69 Å². The van der Waals surface area contributed by atoms with Gasteiger partial charge in [-0.15, -0.1) is 0 Å². The molecule has 0 unspecified atom stereocenters. The highest BCUT2D eigenvalue weighted by Gasteiger charge is 2.20. The molecule has 3 nitrogen and oxygen atoms in total. The van der Waals surface area contributed by atoms with E-state index >= 15 is 0 Å². The van der Waals surface area contributed by atoms with E-state index in [-0.39, 0.29) is 10.6 Å². The summed E-state index contributed by atoms with van der Waals surface area (Å²) in [4.78, 5) is 10.0. The number of nitrogens with zero attached hydrogens (tertiary/aromatic N) is 1. The second-order valence-corrected chi connectivity index (χ2v) is 3.91. The van der Waals surface area contributed by atoms with Crippen LogP contribution < -0.4 is 0 Å². The molecule has 1 saturated carbocycles. The summed E-state index contributed by atoms with van der Waals surface area (Å²) in [6.07, 6.45) is 5.03. The standard InChI is InChI=1S/C11H13NO2/c13-12(14)11-7-5-10(6-8-11)4-3-9-1-2-9/h5-9H,1-4H2. The highest BCUT2D eigenvalue weighted by molar-refractivity contribution is 5.32. The molecule has 0 radical (unpaired) electrons. The lowest BCUT2D eigenvalue weighted by Gasteiger charge is -1.99. The second kappa shape index (κ2) is 3.78. The van der Waals surface area contributed by atoms with E-state index in [4.69, 9.17) is 0 Å². The number of nitro benzene ring substituents is 1. The molecule has 0 amide bonds. The van der Waals surface area contributed by atoms with Gasteiger partial charge in [-0.2, -0.15) is 0 Å². The Morgan fingerprint density at radius 2 is 1.93 bits per heavy atom. The molecule has 0 aliphatic heterocycles. The molecule has 0 atom stereocenters. The van der Waals surface area contributed by atoms with Gasteiger partial charge in [0, 0.05) is 12.1 Å². The lowest BCUT2D eigenvalue weighted by Crippen LogP contribution is -1.90. The van der Waals surface area contributed by atoms with Crippen LogP contribution in [0, 0.1) is 16.0 Å². The van der Waals surface area contributed by atoms with E-state index in [1.165, 1.54) is 24.8 Å². The Hall–Kier alpha value is -1.38. The maximum atomic E-state index is 10.4. The average molecular weight is 191 g/mol. The molecule has 1 aliphatic rings. The van der Waals surface area contributed by atoms with E-state index in [9.17, 15) is 10.1 Å². The van der Waals surface area contributed by atoms with Crippen molar-refractivity contribution in [2.24, 2.45) is 5.92 Å². The van der Waals surface area contributed by atoms with Crippen LogP contribution in [0.3, 0.4) is 0 Å². The summed E-state index contributed by atoms with van der Waals surface area (Å²) in [6, 6.07) is 6.89. The van der Waals surface area contributed by atoms with Gasteiger partial charge in [0.1, 0.15) is 0 Å². The van der Waals surface area contributed by atoms with Crippen molar-refractivity contribution in [1.29, 1.82) is 0 Å². The van der Waals surface area contributed by atoms with Crippen molar-refractivity contribution >= 4 is 5.69 Å². The van der Waals surface area contributed by atoms with E-state index in [2.05, 4.69) is 0 Å². The first-order chi connectivity index (χ1) is 6.75. The molecule has 1 aromatic rings. The fourth-order valence-electron chi connectivity index (χ4n) is 1.56. The van der Waals surface area contributed by atoms with E-state index in [1.54, 1.807) is 12.1 Å². The van der Waals surface area contributed by atoms with Crippen LogP contribution in [-0.2, 0) is 6.42 Å². The van der Waals surface area contributed by atoms with Gasteiger partial charge in [-0.05, 0) is 24.3 Å². The Labute approximate surface area is 82.9 Å². The third-order valence-electron chi connectivity index (χ3n) is 2.69. The Kier molecular flexibility index (Phi) is 2.48. The molecule has 2 rings (SSSR count). The molecule has 0 N–H and O–H groups in total. The van der Waals surface area contributed by atoms with Gasteiger partial charge in [-0.1, -0.05) is 25.0 Å². The zero-order valence-corrected chi connectivity index (χ0v) is 7.98. The fourth-order valence-corrected chi connectivity index (χ4v) is 1.56. The number of hydrogen-bond acceptors (Lipinski definition) is 2. The van der Waals surface area contributed by atoms with Crippen LogP contribution in [-0.4, -0.2) is 4.92 Å². The predicted octanol–water partition coefficient (Wildman–Crippen LogP) is 2.94. The molecule has 0 heterocycles. The number of rotatable bonds is 4. The lowest BCUT2D eigenvalue weighted by molar-refractivity contribution is -0.384. The van der Waals surface area contributed by atoms with Crippen molar-refractivity contribution in [2.75, 3.05) is 0 Å². The van der Waals surface area contributed by atoms with Crippen molar-refractivity contribution in [2.45, 2.75) is 25.7 Å². The summed E-state index contributed by atoms with van der Waals surface area (Å²) in [5.74, 6) is 0.921. The maximum absolute atomic E-state index is 10.4. The van der Waals surface area contributed by atoms with E-state index < -0.39 is 0 Å². The van der Waals surface area contributed by atoms with Gasteiger partial charge in [0.05, 0.1) is 4.92 Å². The fraction of sp³-hybridized carbons (Fsp3) is 0.455. The van der Waals surface area contributed by atoms with E-state index in [0.717, 1.165) is 12.3 Å². The Morgan fingerprint density at radius 1 is 1.29 bits per heavy atom. The van der Waals surface area contributed by atoms with Crippen LogP contribution >= 0.6 is 0 Å². The molecule has 1 fully saturated rings. The Bertz CT molecular complexity index is 328. The Balaban J connectivity index is 1.94. The van der Waals surface area contributed by atoms with Crippen molar-refractivity contribution in [3.8, 4) is 0 Å². The van der Waals surface area contributed by atoms with Gasteiger partial charge in [-0.3, -0.25) is 10.1 Å². The minimum Gasteiger partial charge on any atom is -0.258 e. The van der Waals surface area contributed by atoms with Gasteiger partial charge >= 0.3 is 0 Å². The van der Waals surface area contributed by atoms with Crippen molar-refractivity contribution < 1.29 is 4.92 Å². The Morgan fingerprint density at radius 3 is 2.43 bits per heavy atom. The lowest BCUT2D eigenvalue weighted by atomic mass is 10.1. The summed E-state index contributed by atoms with van der Waals surface area (Å²) in [5.41, 5.74) is 1.39. The number of benzene rings is 1. The summed E-state index contributed by atoms with van der Waals surface area (Å²) < 4.78 is 0. The van der Waals surface area contributed by atoms with Crippen LogP contribution in [0.15, 0.2) is 24.3 Å². The molecule has 0 aromatic heterocycles. The molecule has 14 heavy (non-hydrogen) atoms. The third kappa shape index (κ3) is 2.31. The van der Waals surface area contributed by atoms with Crippen LogP contribution in [0.5, 0.6) is 0 Å². The third-order valence-corrected chi connectivity index (χ3v) is 2.69. The minimum atomic E-state index is -0.356. The van der Waals surface area contributed by atoms with Gasteiger partial charge < -0.3 is 0 Å². The van der Waals surface area contributed by atoms with E-state index in [1.807, 2.05) is 12.1 Å². The van der Waals surface area contributed by atoms with E-state index in [0.29, 0.717) is 0 Å². The van der Waals surface area contributed by atoms with Gasteiger partial charge in [0.2, 0.25) is 0 Å². The number of aryl methyl sites for hydroxylation is 1. The first-order valence-corrected chi connectivity index (χ1v) is 4.99. The van der Waals surface area contributed by atoms with Crippen LogP contribution in [0.4, 0.5) is 5.69 Å². The van der Waals surface area contributed by atoms with Crippen LogP contribution in [0.2, 0.25) is 0 Å². The monoisotopic (exact) mass is 191 g/mol. The van der Waals surface area contributed by atoms with Crippen molar-refractivity contribution in [1.82, 2.24) is 0 Å². The summed E-state index contributed by atoms with van der Waals surface area (Å²) in [7, 11) is 0. The van der Waals surface area contributed by atoms with Crippen LogP contribution in [0.25, 0.3) is 0 Å². The van der Waals surface area contributed by atoms with Gasteiger partial charge in [-0.25, -0.2) is 0 Å². The summed E-state index contributed by atoms with van der Waals surface area (Å²) in [6.45, 7) is 0. The molecular formula is C11H13NO2. The largest absolute Gasteiger partial charge is 0.269 e. The molecule has 1 aromatic carbocycles. The first-order valence-electron chi connectivity index (χ1n) is 4.99. The SMILES string of the molecule is O=[N+]([O-])c1ccc(CCC2CC2)cc1. The predicted molar refractivity (Wildman–Crippen MR) is 54.1 cm³/mol. The van der Waals surface area contributed by atoms with Crippen molar-refractivity contribution in [3.63, 3.8) is 0 Å². The van der Waals surface area contributed by atoms with Gasteiger partial charge in [0.15, 0.2) is 0 Å². The zero-order valence-electron chi connectivity index (χ0n) is 7.98. The molecule has 3 heteroatoms. The summed E-state index contributed by atoms with van der Waals surface area (Å²) >= 11 is 0. The zero-order chi connectivity index (χ0) is 9.97. The number of non-ortho nitro benzene ring substituents is 1. The highest BCUT2D eigenvalue weighted by atomic mass is 16.6. The molecule has 0 saturated heterocycles. The normalized spacial score (nSPS) is 15.4. The number of hydrogen-bond donors (Lipinski definition) is 0. The first kappa shape index (κ1) is 9.19.